The molecule has 18 aromatic carbocycles. The Labute approximate surface area is 726 Å². The van der Waals surface area contributed by atoms with Gasteiger partial charge in [-0.1, -0.05) is 231 Å². The monoisotopic (exact) mass is 1780 g/mol. The van der Waals surface area contributed by atoms with Crippen LogP contribution in [0.2, 0.25) is 0 Å². The summed E-state index contributed by atoms with van der Waals surface area (Å²) < 4.78 is 55.2. The smallest absolute Gasteiger partial charge is 0.456 e. The fraction of sp³-hybridized carbons (Fsp3) is 0.00917. The van der Waals surface area contributed by atoms with E-state index in [1.54, 1.807) is 18.2 Å². The van der Waals surface area contributed by atoms with Crippen molar-refractivity contribution in [2.75, 3.05) is 0 Å². The molecule has 0 spiro atoms. The molecule has 584 valence electrons. The minimum absolute atomic E-state index is 0. The van der Waals surface area contributed by atoms with Crippen LogP contribution in [0, 0.1) is 0 Å². The van der Waals surface area contributed by atoms with Crippen LogP contribution in [-0.4, -0.2) is 17.2 Å². The summed E-state index contributed by atoms with van der Waals surface area (Å²) in [7, 11) is -1.53. The van der Waals surface area contributed by atoms with Crippen molar-refractivity contribution >= 4 is 236 Å². The summed E-state index contributed by atoms with van der Waals surface area (Å²) in [6.45, 7) is 0. The highest BCUT2D eigenvalue weighted by atomic mass is 79.9. The van der Waals surface area contributed by atoms with Crippen molar-refractivity contribution in [2.24, 2.45) is 0 Å². The predicted octanol–water partition coefficient (Wildman–Crippen LogP) is 32.5. The first-order valence-corrected chi connectivity index (χ1v) is 42.4. The Bertz CT molecular complexity index is 8140. The largest absolute Gasteiger partial charge is 0.488 e. The fourth-order valence-electron chi connectivity index (χ4n) is 18.1. The van der Waals surface area contributed by atoms with E-state index in [-0.39, 0.29) is 7.43 Å². The maximum Gasteiger partial charge on any atom is 0.488 e. The average molecular weight is 1780 g/mol. The molecular formula is C109H64BBr3O10. The van der Waals surface area contributed by atoms with Crippen molar-refractivity contribution in [3.63, 3.8) is 0 Å². The minimum Gasteiger partial charge on any atom is -0.456 e. The van der Waals surface area contributed by atoms with Crippen molar-refractivity contribution in [3.8, 4) is 77.9 Å². The molecule has 10 nitrogen and oxygen atoms in total. The van der Waals surface area contributed by atoms with Gasteiger partial charge in [0, 0.05) is 99.6 Å². The van der Waals surface area contributed by atoms with Crippen LogP contribution in [0.15, 0.2) is 401 Å². The Morgan fingerprint density at radius 1 is 0.163 bits per heavy atom. The van der Waals surface area contributed by atoms with Gasteiger partial charge in [-0.25, -0.2) is 0 Å². The van der Waals surface area contributed by atoms with Crippen LogP contribution in [0.3, 0.4) is 0 Å². The Kier molecular flexibility index (Phi) is 17.6. The van der Waals surface area contributed by atoms with Crippen molar-refractivity contribution in [1.29, 1.82) is 0 Å². The molecule has 0 bridgehead atoms. The van der Waals surface area contributed by atoms with Gasteiger partial charge in [-0.15, -0.1) is 0 Å². The number of furan rings is 8. The second-order valence-corrected chi connectivity index (χ2v) is 33.8. The quantitative estimate of drug-likeness (QED) is 0.141. The van der Waals surface area contributed by atoms with E-state index in [1.165, 1.54) is 0 Å². The molecule has 0 amide bonds. The van der Waals surface area contributed by atoms with E-state index in [9.17, 15) is 10.0 Å². The normalized spacial score (nSPS) is 11.9. The van der Waals surface area contributed by atoms with Crippen LogP contribution in [0.1, 0.15) is 7.43 Å². The fourth-order valence-corrected chi connectivity index (χ4v) is 20.5. The summed E-state index contributed by atoms with van der Waals surface area (Å²) in [4.78, 5) is 0. The first-order chi connectivity index (χ1) is 59.9. The summed E-state index contributed by atoms with van der Waals surface area (Å²) in [5, 5.41) is 35.4. The molecule has 0 saturated carbocycles. The summed E-state index contributed by atoms with van der Waals surface area (Å²) in [6.07, 6.45) is 0. The topological polar surface area (TPSA) is 146 Å². The van der Waals surface area contributed by atoms with Gasteiger partial charge in [0.25, 0.3) is 0 Å². The number of benzene rings is 18. The number of hydrogen-bond acceptors (Lipinski definition) is 10. The molecule has 2 N–H and O–H groups in total. The van der Waals surface area contributed by atoms with E-state index in [4.69, 9.17) is 35.3 Å². The molecule has 8 heterocycles. The van der Waals surface area contributed by atoms with Gasteiger partial charge in [0.05, 0.1) is 0 Å². The second kappa shape index (κ2) is 29.3. The molecule has 0 radical (unpaired) electrons. The lowest BCUT2D eigenvalue weighted by Crippen LogP contribution is -2.29. The lowest BCUT2D eigenvalue weighted by Gasteiger charge is -2.12. The van der Waals surface area contributed by atoms with Crippen molar-refractivity contribution in [2.45, 2.75) is 7.43 Å². The molecule has 0 unspecified atom stereocenters. The molecule has 0 atom stereocenters. The maximum absolute atomic E-state index is 9.61. The van der Waals surface area contributed by atoms with E-state index >= 15 is 0 Å². The molecule has 26 aromatic rings. The molecule has 26 rings (SSSR count). The third kappa shape index (κ3) is 12.6. The standard InChI is InChI=1S/C78H42O6.C24H15BO4.C6H3Br3.CH4/c1-4-10-43(11-5-1)46-16-22-61-55(37-46)73-67(79-61)28-31-70-76(73)58-40-49(19-25-64(58)82-70)52-34-53(50-20-26-65-59(41-50)77-71(83-65)32-29-68-74(77)56-38-47(17-23-62(56)80-68)44-12-6-2-7-13-44)36-54(35-52)51-21-27-66-60(42-51)78-72(84-66)33-30-69-75(78)57-39-48(18-24-63(57)81-69)45-14-8-3-9-15-45;26-25(27)16-7-9-20-18(13-16)24-22(29-20)11-10-21-23(24)17-12-15(6-8-19(17)28-21)14-4-2-1-3-5-14;7-4-1-5(8)3-6(9)2-4;/h1-42H;1-13,26-27H;1-3H;1H4. The van der Waals surface area contributed by atoms with Crippen LogP contribution in [0.25, 0.3) is 253 Å². The molecule has 14 heteroatoms. The van der Waals surface area contributed by atoms with Gasteiger partial charge >= 0.3 is 7.12 Å². The third-order valence-corrected chi connectivity index (χ3v) is 25.2. The molecule has 0 aliphatic carbocycles. The van der Waals surface area contributed by atoms with E-state index in [0.29, 0.717) is 11.0 Å². The van der Waals surface area contributed by atoms with E-state index in [2.05, 4.69) is 290 Å². The highest BCUT2D eigenvalue weighted by molar-refractivity contribution is 9.11. The Hall–Kier alpha value is -14.2. The zero-order valence-electron chi connectivity index (χ0n) is 64.4. The molecular weight excluding hydrogens is 1720 g/mol. The molecule has 0 saturated heterocycles. The van der Waals surface area contributed by atoms with Crippen molar-refractivity contribution < 1.29 is 45.4 Å². The van der Waals surface area contributed by atoms with Gasteiger partial charge in [-0.3, -0.25) is 0 Å². The van der Waals surface area contributed by atoms with Crippen LogP contribution in [0.4, 0.5) is 0 Å². The summed E-state index contributed by atoms with van der Waals surface area (Å²) >= 11 is 10.1. The minimum atomic E-state index is -1.53. The van der Waals surface area contributed by atoms with Gasteiger partial charge in [-0.2, -0.15) is 0 Å². The lowest BCUT2D eigenvalue weighted by molar-refractivity contribution is 0.426. The second-order valence-electron chi connectivity index (χ2n) is 31.0. The Balaban J connectivity index is 0.000000185. The van der Waals surface area contributed by atoms with Gasteiger partial charge in [0.15, 0.2) is 0 Å². The number of fused-ring (bicyclic) bond motifs is 28. The predicted molar refractivity (Wildman–Crippen MR) is 515 cm³/mol. The highest BCUT2D eigenvalue weighted by Gasteiger charge is 2.25. The summed E-state index contributed by atoms with van der Waals surface area (Å²) in [5.74, 6) is 0. The van der Waals surface area contributed by atoms with E-state index in [0.717, 1.165) is 261 Å². The first-order valence-electron chi connectivity index (χ1n) is 40.0. The zero-order valence-corrected chi connectivity index (χ0v) is 69.1. The van der Waals surface area contributed by atoms with Crippen LogP contribution in [-0.2, 0) is 0 Å². The van der Waals surface area contributed by atoms with Gasteiger partial charge in [0.1, 0.15) is 89.3 Å². The number of hydrogen-bond donors (Lipinski definition) is 2. The molecule has 0 aliphatic heterocycles. The highest BCUT2D eigenvalue weighted by Crippen LogP contribution is 2.49. The third-order valence-electron chi connectivity index (χ3n) is 23.8. The molecule has 123 heavy (non-hydrogen) atoms. The van der Waals surface area contributed by atoms with Crippen molar-refractivity contribution in [3.05, 3.63) is 365 Å². The summed E-state index contributed by atoms with van der Waals surface area (Å²) in [5.41, 5.74) is 28.7. The lowest BCUT2D eigenvalue weighted by atomic mass is 9.80. The first kappa shape index (κ1) is 73.9. The van der Waals surface area contributed by atoms with E-state index < -0.39 is 7.12 Å². The Morgan fingerprint density at radius 3 is 0.528 bits per heavy atom. The van der Waals surface area contributed by atoms with Gasteiger partial charge < -0.3 is 45.4 Å². The van der Waals surface area contributed by atoms with Crippen LogP contribution < -0.4 is 5.46 Å². The van der Waals surface area contributed by atoms with Crippen LogP contribution in [0.5, 0.6) is 0 Å². The number of halogens is 3. The maximum atomic E-state index is 9.61. The van der Waals surface area contributed by atoms with Crippen LogP contribution >= 0.6 is 47.8 Å². The number of rotatable bonds is 8. The Morgan fingerprint density at radius 2 is 0.333 bits per heavy atom. The van der Waals surface area contributed by atoms with E-state index in [1.807, 2.05) is 91.0 Å². The van der Waals surface area contributed by atoms with Gasteiger partial charge in [-0.05, 0) is 259 Å². The van der Waals surface area contributed by atoms with Gasteiger partial charge in [0.2, 0.25) is 0 Å². The SMILES string of the molecule is Brc1cc(Br)cc(Br)c1.C.OB(O)c1ccc2oc3ccc4oc5ccc(-c6ccccc6)cc5c4c3c2c1.c1ccc(-c2ccc3oc4ccc5oc6ccc(-c7cc(-c8ccc9oc%10ccc%11oc%12ccc(-c%13ccccc%13)cc%12c%11c%10c9c8)cc(-c8ccc9oc%10ccc%11oc%12ccc(-c%13ccccc%13)cc%12c%11c%10c9c8)c7)cc6c5c4c3c2)cc1. The molecule has 0 aliphatic rings. The molecule has 8 aromatic heterocycles. The average Bonchev–Trinajstić information content (AvgIpc) is 1.59. The molecule has 0 fully saturated rings. The zero-order chi connectivity index (χ0) is 81.1. The van der Waals surface area contributed by atoms with Crippen molar-refractivity contribution in [1.82, 2.24) is 0 Å². The summed E-state index contributed by atoms with van der Waals surface area (Å²) in [6, 6.07) is 121.